The zero-order valence-electron chi connectivity index (χ0n) is 12.5. The van der Waals surface area contributed by atoms with Crippen molar-refractivity contribution in [1.29, 1.82) is 0 Å². The predicted molar refractivity (Wildman–Crippen MR) is 82.0 cm³/mol. The van der Waals surface area contributed by atoms with Gasteiger partial charge in [-0.2, -0.15) is 0 Å². The summed E-state index contributed by atoms with van der Waals surface area (Å²) in [6.07, 6.45) is 0. The number of carbonyl (C=O) groups excluding carboxylic acids is 2. The largest absolute Gasteiger partial charge is 0.496 e. The molecule has 0 aliphatic heterocycles. The fourth-order valence-corrected chi connectivity index (χ4v) is 2.89. The van der Waals surface area contributed by atoms with Crippen LogP contribution in [0.5, 0.6) is 11.5 Å². The van der Waals surface area contributed by atoms with Crippen LogP contribution in [0.4, 0.5) is 5.69 Å². The number of anilines is 1. The normalized spacial score (nSPS) is 12.7. The minimum absolute atomic E-state index is 0.172. The van der Waals surface area contributed by atoms with Crippen molar-refractivity contribution < 1.29 is 19.1 Å². The Morgan fingerprint density at radius 2 is 1.32 bits per heavy atom. The van der Waals surface area contributed by atoms with Crippen molar-refractivity contribution in [3.05, 3.63) is 52.1 Å². The van der Waals surface area contributed by atoms with Gasteiger partial charge in [0.25, 0.3) is 0 Å². The molecule has 0 atom stereocenters. The minimum Gasteiger partial charge on any atom is -0.496 e. The van der Waals surface area contributed by atoms with Crippen molar-refractivity contribution in [2.45, 2.75) is 6.92 Å². The van der Waals surface area contributed by atoms with Gasteiger partial charge in [-0.15, -0.1) is 0 Å². The highest BCUT2D eigenvalue weighted by molar-refractivity contribution is 6.31. The first-order valence-corrected chi connectivity index (χ1v) is 6.75. The summed E-state index contributed by atoms with van der Waals surface area (Å²) < 4.78 is 10.7. The van der Waals surface area contributed by atoms with Crippen molar-refractivity contribution in [2.75, 3.05) is 20.0 Å². The van der Waals surface area contributed by atoms with Gasteiger partial charge in [0.05, 0.1) is 31.0 Å². The van der Waals surface area contributed by atoms with E-state index in [2.05, 4.69) is 0 Å². The Balaban J connectivity index is 2.46. The molecule has 0 bridgehead atoms. The van der Waals surface area contributed by atoms with E-state index >= 15 is 0 Å². The smallest absolute Gasteiger partial charge is 0.198 e. The molecule has 0 radical (unpaired) electrons. The molecule has 5 heteroatoms. The van der Waals surface area contributed by atoms with Gasteiger partial charge in [-0.05, 0) is 6.92 Å². The molecule has 2 aromatic carbocycles. The van der Waals surface area contributed by atoms with Gasteiger partial charge in [0.15, 0.2) is 17.3 Å². The number of methoxy groups -OCH3 is 2. The maximum Gasteiger partial charge on any atom is 0.198 e. The molecule has 112 valence electrons. The number of hydrogen-bond acceptors (Lipinski definition) is 5. The molecule has 0 fully saturated rings. The third-order valence-electron chi connectivity index (χ3n) is 3.97. The Kier molecular flexibility index (Phi) is 3.13. The van der Waals surface area contributed by atoms with E-state index in [-0.39, 0.29) is 28.4 Å². The van der Waals surface area contributed by atoms with Crippen LogP contribution in [0.15, 0.2) is 24.3 Å². The number of nitrogen functional groups attached to an aromatic ring is 1. The predicted octanol–water partition coefficient (Wildman–Crippen LogP) is 2.37. The molecular formula is C17H15NO4. The van der Waals surface area contributed by atoms with Gasteiger partial charge >= 0.3 is 0 Å². The monoisotopic (exact) mass is 297 g/mol. The zero-order chi connectivity index (χ0) is 16.0. The van der Waals surface area contributed by atoms with Crippen LogP contribution in [0.1, 0.15) is 37.4 Å². The van der Waals surface area contributed by atoms with Crippen LogP contribution < -0.4 is 15.2 Å². The molecule has 0 heterocycles. The Hall–Kier alpha value is -2.82. The summed E-state index contributed by atoms with van der Waals surface area (Å²) in [5, 5.41) is 0. The van der Waals surface area contributed by atoms with E-state index in [1.165, 1.54) is 14.2 Å². The van der Waals surface area contributed by atoms with Crippen LogP contribution in [-0.2, 0) is 0 Å². The fraction of sp³-hybridized carbons (Fsp3) is 0.176. The van der Waals surface area contributed by atoms with Crippen LogP contribution in [-0.4, -0.2) is 25.8 Å². The van der Waals surface area contributed by atoms with Crippen LogP contribution in [0, 0.1) is 6.92 Å². The highest BCUT2D eigenvalue weighted by Gasteiger charge is 2.37. The van der Waals surface area contributed by atoms with Crippen molar-refractivity contribution >= 4 is 17.3 Å². The molecule has 2 aromatic rings. The lowest BCUT2D eigenvalue weighted by molar-refractivity contribution is 0.0974. The number of nitrogens with two attached hydrogens (primary N) is 1. The van der Waals surface area contributed by atoms with Gasteiger partial charge in [0, 0.05) is 16.7 Å². The lowest BCUT2D eigenvalue weighted by Gasteiger charge is -2.24. The second-order valence-corrected chi connectivity index (χ2v) is 5.06. The number of hydrogen-bond donors (Lipinski definition) is 1. The van der Waals surface area contributed by atoms with Crippen LogP contribution >= 0.6 is 0 Å². The first kappa shape index (κ1) is 14.1. The SMILES string of the molecule is COc1c(C)c(N)c(OC)c2c1C(=O)c1ccccc1C2=O. The number of ketones is 2. The molecular weight excluding hydrogens is 282 g/mol. The van der Waals surface area contributed by atoms with Crippen molar-refractivity contribution in [1.82, 2.24) is 0 Å². The molecule has 0 saturated carbocycles. The molecule has 1 aliphatic carbocycles. The fourth-order valence-electron chi connectivity index (χ4n) is 2.89. The van der Waals surface area contributed by atoms with Crippen LogP contribution in [0.3, 0.4) is 0 Å². The molecule has 0 unspecified atom stereocenters. The quantitative estimate of drug-likeness (QED) is 0.735. The van der Waals surface area contributed by atoms with E-state index in [4.69, 9.17) is 15.2 Å². The van der Waals surface area contributed by atoms with Crippen molar-refractivity contribution in [3.8, 4) is 11.5 Å². The summed E-state index contributed by atoms with van der Waals surface area (Å²) in [5.41, 5.74) is 8.04. The summed E-state index contributed by atoms with van der Waals surface area (Å²) in [5.74, 6) is -0.00203. The third kappa shape index (κ3) is 1.65. The number of fused-ring (bicyclic) bond motifs is 2. The van der Waals surface area contributed by atoms with Gasteiger partial charge < -0.3 is 15.2 Å². The zero-order valence-corrected chi connectivity index (χ0v) is 12.5. The van der Waals surface area contributed by atoms with Crippen LogP contribution in [0.2, 0.25) is 0 Å². The highest BCUT2D eigenvalue weighted by Crippen LogP contribution is 2.44. The molecule has 0 amide bonds. The molecule has 3 rings (SSSR count). The second kappa shape index (κ2) is 4.87. The third-order valence-corrected chi connectivity index (χ3v) is 3.97. The van der Waals surface area contributed by atoms with Gasteiger partial charge in [-0.25, -0.2) is 0 Å². The number of benzene rings is 2. The van der Waals surface area contributed by atoms with Crippen molar-refractivity contribution in [2.24, 2.45) is 0 Å². The maximum atomic E-state index is 12.8. The molecule has 22 heavy (non-hydrogen) atoms. The van der Waals surface area contributed by atoms with Gasteiger partial charge in [-0.1, -0.05) is 24.3 Å². The molecule has 0 aromatic heterocycles. The molecule has 1 aliphatic rings. The van der Waals surface area contributed by atoms with Gasteiger partial charge in [-0.3, -0.25) is 9.59 Å². The highest BCUT2D eigenvalue weighted by atomic mass is 16.5. The van der Waals surface area contributed by atoms with E-state index in [1.807, 2.05) is 0 Å². The molecule has 0 saturated heterocycles. The lowest BCUT2D eigenvalue weighted by Crippen LogP contribution is -2.23. The number of rotatable bonds is 2. The Bertz CT molecular complexity index is 756. The standard InChI is InChI=1S/C17H15NO4/c1-8-13(18)17(22-3)12-11(16(8)21-2)14(19)9-6-4-5-7-10(9)15(12)20/h4-7H,18H2,1-3H3. The van der Waals surface area contributed by atoms with Crippen molar-refractivity contribution in [3.63, 3.8) is 0 Å². The average Bonchev–Trinajstić information content (AvgIpc) is 2.54. The van der Waals surface area contributed by atoms with Gasteiger partial charge in [0.1, 0.15) is 5.75 Å². The Morgan fingerprint density at radius 1 is 0.864 bits per heavy atom. The second-order valence-electron chi connectivity index (χ2n) is 5.06. The first-order chi connectivity index (χ1) is 10.5. The maximum absolute atomic E-state index is 12.8. The van der Waals surface area contributed by atoms with E-state index in [1.54, 1.807) is 31.2 Å². The summed E-state index contributed by atoms with van der Waals surface area (Å²) >= 11 is 0. The topological polar surface area (TPSA) is 78.6 Å². The number of carbonyl (C=O) groups is 2. The van der Waals surface area contributed by atoms with Gasteiger partial charge in [0.2, 0.25) is 0 Å². The first-order valence-electron chi connectivity index (χ1n) is 6.75. The summed E-state index contributed by atoms with van der Waals surface area (Å²) in [6.45, 7) is 1.73. The van der Waals surface area contributed by atoms with E-state index in [0.717, 1.165) is 0 Å². The summed E-state index contributed by atoms with van der Waals surface area (Å²) in [6, 6.07) is 6.70. The molecule has 2 N–H and O–H groups in total. The summed E-state index contributed by atoms with van der Waals surface area (Å²) in [4.78, 5) is 25.7. The number of ether oxygens (including phenoxy) is 2. The van der Waals surface area contributed by atoms with Crippen LogP contribution in [0.25, 0.3) is 0 Å². The lowest BCUT2D eigenvalue weighted by atomic mass is 9.81. The Labute approximate surface area is 127 Å². The Morgan fingerprint density at radius 3 is 1.77 bits per heavy atom. The minimum atomic E-state index is -0.285. The molecule has 0 spiro atoms. The average molecular weight is 297 g/mol. The van der Waals surface area contributed by atoms with E-state index < -0.39 is 0 Å². The molecule has 5 nitrogen and oxygen atoms in total. The van der Waals surface area contributed by atoms with E-state index in [0.29, 0.717) is 28.1 Å². The summed E-state index contributed by atoms with van der Waals surface area (Å²) in [7, 11) is 2.88. The van der Waals surface area contributed by atoms with E-state index in [9.17, 15) is 9.59 Å².